The number of ether oxygens (including phenoxy) is 1. The van der Waals surface area contributed by atoms with Gasteiger partial charge in [-0.05, 0) is 43.5 Å². The van der Waals surface area contributed by atoms with E-state index in [0.29, 0.717) is 23.0 Å². The van der Waals surface area contributed by atoms with Crippen LogP contribution in [0.1, 0.15) is 29.8 Å². The van der Waals surface area contributed by atoms with Crippen LogP contribution in [0.3, 0.4) is 0 Å². The molecular formula is C14H13ClO3. The summed E-state index contributed by atoms with van der Waals surface area (Å²) in [6, 6.07) is 7.05. The van der Waals surface area contributed by atoms with E-state index >= 15 is 0 Å². The van der Waals surface area contributed by atoms with E-state index in [1.165, 1.54) is 0 Å². The van der Waals surface area contributed by atoms with Crippen LogP contribution >= 0.6 is 11.6 Å². The van der Waals surface area contributed by atoms with Gasteiger partial charge in [0.15, 0.2) is 5.76 Å². The molecule has 3 nitrogen and oxygen atoms in total. The first-order valence-corrected chi connectivity index (χ1v) is 6.47. The SMILES string of the molecule is O=C(c1cc2cc(Cl)ccc2o1)C1CCCCO1. The molecule has 18 heavy (non-hydrogen) atoms. The molecule has 0 amide bonds. The van der Waals surface area contributed by atoms with Crippen molar-refractivity contribution in [3.05, 3.63) is 35.0 Å². The minimum atomic E-state index is -0.352. The zero-order valence-corrected chi connectivity index (χ0v) is 10.6. The van der Waals surface area contributed by atoms with Crippen LogP contribution in [0.4, 0.5) is 0 Å². The first kappa shape index (κ1) is 11.8. The van der Waals surface area contributed by atoms with Crippen molar-refractivity contribution in [3.63, 3.8) is 0 Å². The van der Waals surface area contributed by atoms with Crippen LogP contribution in [0.25, 0.3) is 11.0 Å². The average Bonchev–Trinajstić information content (AvgIpc) is 2.81. The number of benzene rings is 1. The second-order valence-corrected chi connectivity index (χ2v) is 4.95. The molecule has 0 saturated carbocycles. The van der Waals surface area contributed by atoms with Gasteiger partial charge in [-0.1, -0.05) is 11.6 Å². The summed E-state index contributed by atoms with van der Waals surface area (Å²) in [5.41, 5.74) is 0.679. The van der Waals surface area contributed by atoms with E-state index in [-0.39, 0.29) is 11.9 Å². The zero-order valence-electron chi connectivity index (χ0n) is 9.82. The Morgan fingerprint density at radius 3 is 2.94 bits per heavy atom. The van der Waals surface area contributed by atoms with E-state index in [1.807, 2.05) is 0 Å². The summed E-state index contributed by atoms with van der Waals surface area (Å²) in [4.78, 5) is 12.2. The van der Waals surface area contributed by atoms with Gasteiger partial charge in [-0.3, -0.25) is 4.79 Å². The second kappa shape index (κ2) is 4.75. The molecule has 0 bridgehead atoms. The van der Waals surface area contributed by atoms with Crippen LogP contribution in [0.15, 0.2) is 28.7 Å². The number of fused-ring (bicyclic) bond motifs is 1. The van der Waals surface area contributed by atoms with Crippen molar-refractivity contribution in [2.24, 2.45) is 0 Å². The molecule has 0 N–H and O–H groups in total. The van der Waals surface area contributed by atoms with Crippen LogP contribution in [0.5, 0.6) is 0 Å². The van der Waals surface area contributed by atoms with E-state index < -0.39 is 0 Å². The van der Waals surface area contributed by atoms with Crippen LogP contribution in [-0.4, -0.2) is 18.5 Å². The summed E-state index contributed by atoms with van der Waals surface area (Å²) < 4.78 is 11.0. The molecule has 1 atom stereocenters. The molecule has 1 aliphatic rings. The van der Waals surface area contributed by atoms with E-state index in [1.54, 1.807) is 24.3 Å². The standard InChI is InChI=1S/C14H13ClO3/c15-10-4-5-11-9(7-10)8-13(18-11)14(16)12-3-1-2-6-17-12/h4-5,7-8,12H,1-3,6H2. The first-order chi connectivity index (χ1) is 8.74. The average molecular weight is 265 g/mol. The normalized spacial score (nSPS) is 20.2. The predicted octanol–water partition coefficient (Wildman–Crippen LogP) is 3.84. The van der Waals surface area contributed by atoms with Crippen molar-refractivity contribution in [1.82, 2.24) is 0 Å². The highest BCUT2D eigenvalue weighted by atomic mass is 35.5. The summed E-state index contributed by atoms with van der Waals surface area (Å²) in [6.45, 7) is 0.655. The molecule has 1 aromatic carbocycles. The predicted molar refractivity (Wildman–Crippen MR) is 69.1 cm³/mol. The number of furan rings is 1. The summed E-state index contributed by atoms with van der Waals surface area (Å²) >= 11 is 5.90. The molecule has 2 aromatic rings. The van der Waals surface area contributed by atoms with Gasteiger partial charge in [0.1, 0.15) is 11.7 Å². The van der Waals surface area contributed by atoms with Crippen LogP contribution < -0.4 is 0 Å². The van der Waals surface area contributed by atoms with Gasteiger partial charge in [0.05, 0.1) is 0 Å². The molecule has 1 saturated heterocycles. The number of halogens is 1. The van der Waals surface area contributed by atoms with Gasteiger partial charge in [-0.2, -0.15) is 0 Å². The lowest BCUT2D eigenvalue weighted by Gasteiger charge is -2.20. The van der Waals surface area contributed by atoms with E-state index in [0.717, 1.165) is 24.6 Å². The Bertz CT molecular complexity index is 582. The molecule has 1 aromatic heterocycles. The van der Waals surface area contributed by atoms with Crippen LogP contribution in [0, 0.1) is 0 Å². The van der Waals surface area contributed by atoms with Gasteiger partial charge in [0.25, 0.3) is 0 Å². The summed E-state index contributed by atoms with van der Waals surface area (Å²) in [7, 11) is 0. The molecule has 94 valence electrons. The molecule has 0 aliphatic carbocycles. The van der Waals surface area contributed by atoms with Crippen molar-refractivity contribution < 1.29 is 13.9 Å². The second-order valence-electron chi connectivity index (χ2n) is 4.51. The third-order valence-electron chi connectivity index (χ3n) is 3.19. The third kappa shape index (κ3) is 2.16. The zero-order chi connectivity index (χ0) is 12.5. The van der Waals surface area contributed by atoms with Gasteiger partial charge in [-0.15, -0.1) is 0 Å². The largest absolute Gasteiger partial charge is 0.453 e. The fourth-order valence-corrected chi connectivity index (χ4v) is 2.42. The molecule has 2 heterocycles. The Morgan fingerprint density at radius 1 is 1.28 bits per heavy atom. The summed E-state index contributed by atoms with van der Waals surface area (Å²) in [5, 5.41) is 1.48. The monoisotopic (exact) mass is 264 g/mol. The summed E-state index contributed by atoms with van der Waals surface area (Å²) in [6.07, 6.45) is 2.48. The first-order valence-electron chi connectivity index (χ1n) is 6.09. The Labute approximate surface area is 110 Å². The smallest absolute Gasteiger partial charge is 0.226 e. The molecule has 3 rings (SSSR count). The minimum absolute atomic E-state index is 0.0676. The Morgan fingerprint density at radius 2 is 2.17 bits per heavy atom. The third-order valence-corrected chi connectivity index (χ3v) is 3.43. The molecule has 1 unspecified atom stereocenters. The highest BCUT2D eigenvalue weighted by Crippen LogP contribution is 2.25. The fourth-order valence-electron chi connectivity index (χ4n) is 2.24. The Kier molecular flexibility index (Phi) is 3.10. The van der Waals surface area contributed by atoms with E-state index in [2.05, 4.69) is 0 Å². The molecule has 0 spiro atoms. The number of carbonyl (C=O) groups excluding carboxylic acids is 1. The van der Waals surface area contributed by atoms with Gasteiger partial charge in [0, 0.05) is 17.0 Å². The lowest BCUT2D eigenvalue weighted by atomic mass is 10.0. The lowest BCUT2D eigenvalue weighted by Crippen LogP contribution is -2.27. The number of ketones is 1. The molecule has 0 radical (unpaired) electrons. The topological polar surface area (TPSA) is 39.4 Å². The number of hydrogen-bond donors (Lipinski definition) is 0. The van der Waals surface area contributed by atoms with Crippen molar-refractivity contribution in [2.75, 3.05) is 6.61 Å². The lowest BCUT2D eigenvalue weighted by molar-refractivity contribution is 0.0169. The quantitative estimate of drug-likeness (QED) is 0.774. The number of carbonyl (C=O) groups is 1. The van der Waals surface area contributed by atoms with Crippen molar-refractivity contribution in [2.45, 2.75) is 25.4 Å². The fraction of sp³-hybridized carbons (Fsp3) is 0.357. The Balaban J connectivity index is 1.91. The molecule has 4 heteroatoms. The minimum Gasteiger partial charge on any atom is -0.453 e. The summed E-state index contributed by atoms with van der Waals surface area (Å²) in [5.74, 6) is 0.293. The van der Waals surface area contributed by atoms with Crippen LogP contribution in [0.2, 0.25) is 5.02 Å². The van der Waals surface area contributed by atoms with E-state index in [4.69, 9.17) is 20.8 Å². The van der Waals surface area contributed by atoms with Gasteiger partial charge in [0.2, 0.25) is 5.78 Å². The maximum absolute atomic E-state index is 12.2. The Hall–Kier alpha value is -1.32. The number of Topliss-reactive ketones (excluding diaryl/α,β-unsaturated/α-hetero) is 1. The van der Waals surface area contributed by atoms with Crippen molar-refractivity contribution in [3.8, 4) is 0 Å². The van der Waals surface area contributed by atoms with Gasteiger partial charge in [-0.25, -0.2) is 0 Å². The maximum atomic E-state index is 12.2. The molecule has 1 fully saturated rings. The highest BCUT2D eigenvalue weighted by molar-refractivity contribution is 6.31. The maximum Gasteiger partial charge on any atom is 0.226 e. The van der Waals surface area contributed by atoms with Crippen molar-refractivity contribution in [1.29, 1.82) is 0 Å². The van der Waals surface area contributed by atoms with Gasteiger partial charge < -0.3 is 9.15 Å². The highest BCUT2D eigenvalue weighted by Gasteiger charge is 2.25. The van der Waals surface area contributed by atoms with Crippen molar-refractivity contribution >= 4 is 28.4 Å². The number of hydrogen-bond acceptors (Lipinski definition) is 3. The van der Waals surface area contributed by atoms with Crippen LogP contribution in [-0.2, 0) is 4.74 Å². The van der Waals surface area contributed by atoms with Gasteiger partial charge >= 0.3 is 0 Å². The van der Waals surface area contributed by atoms with E-state index in [9.17, 15) is 4.79 Å². The number of rotatable bonds is 2. The molecule has 1 aliphatic heterocycles. The molecular weight excluding hydrogens is 252 g/mol.